The van der Waals surface area contributed by atoms with Crippen LogP contribution in [0.1, 0.15) is 27.2 Å². The van der Waals surface area contributed by atoms with Crippen molar-refractivity contribution in [1.82, 2.24) is 0 Å². The maximum absolute atomic E-state index is 14.1. The zero-order valence-electron chi connectivity index (χ0n) is 18.2. The molecule has 2 nitrogen and oxygen atoms in total. The van der Waals surface area contributed by atoms with Crippen molar-refractivity contribution < 1.29 is 17.4 Å². The Morgan fingerprint density at radius 2 is 1.83 bits per heavy atom. The van der Waals surface area contributed by atoms with Gasteiger partial charge < -0.3 is 8.61 Å². The fourth-order valence-electron chi connectivity index (χ4n) is 4.63. The number of allylic oxidation sites excluding steroid dienone is 15. The highest BCUT2D eigenvalue weighted by Gasteiger charge is 2.57. The van der Waals surface area contributed by atoms with Gasteiger partial charge in [-0.3, -0.25) is 0 Å². The second-order valence-electron chi connectivity index (χ2n) is 9.82. The van der Waals surface area contributed by atoms with Gasteiger partial charge in [0.2, 0.25) is 0 Å². The maximum atomic E-state index is 14.1. The molecule has 0 aromatic rings. The molecule has 0 saturated carbocycles. The standard InChI is InChI=1S/C25H28F2NOSi/c1-24(2,3)28(4,5)30(29)22-10-6-8-19-13-11-17-16-18(23(26)27)12-14-20(17)21-9-7-15-25(19,21)22/h6-15,22H,16H2,1-5H3/q+1. The molecule has 5 heteroatoms. The maximum Gasteiger partial charge on any atom is 0.562 e. The van der Waals surface area contributed by atoms with Gasteiger partial charge in [0, 0.05) is 12.0 Å². The molecule has 4 aliphatic carbocycles. The molecule has 0 N–H and O–H groups in total. The van der Waals surface area contributed by atoms with Gasteiger partial charge >= 0.3 is 8.84 Å². The van der Waals surface area contributed by atoms with E-state index in [1.54, 1.807) is 6.08 Å². The molecule has 0 aliphatic heterocycles. The average Bonchev–Trinajstić information content (AvgIpc) is 3.04. The Balaban J connectivity index is 1.86. The van der Waals surface area contributed by atoms with Crippen molar-refractivity contribution in [1.29, 1.82) is 0 Å². The van der Waals surface area contributed by atoms with E-state index in [4.69, 9.17) is 0 Å². The molecule has 0 aromatic heterocycles. The summed E-state index contributed by atoms with van der Waals surface area (Å²) in [6.07, 6.45) is 18.3. The van der Waals surface area contributed by atoms with Crippen LogP contribution in [0.5, 0.6) is 0 Å². The van der Waals surface area contributed by atoms with Crippen molar-refractivity contribution in [2.24, 2.45) is 5.41 Å². The number of quaternary nitrogens is 1. The Bertz CT molecular complexity index is 1070. The molecule has 0 heterocycles. The van der Waals surface area contributed by atoms with E-state index in [0.29, 0.717) is 4.15 Å². The topological polar surface area (TPSA) is 17.1 Å². The van der Waals surface area contributed by atoms with Gasteiger partial charge in [-0.05, 0) is 43.1 Å². The van der Waals surface area contributed by atoms with E-state index in [1.807, 2.05) is 38.4 Å². The smallest absolute Gasteiger partial charge is 0.328 e. The fraction of sp³-hybridized carbons (Fsp3) is 0.360. The minimum atomic E-state index is -2.17. The van der Waals surface area contributed by atoms with Crippen molar-refractivity contribution in [2.45, 2.75) is 38.3 Å². The second-order valence-corrected chi connectivity index (χ2v) is 12.2. The van der Waals surface area contributed by atoms with Crippen LogP contribution in [0.15, 0.2) is 94.7 Å². The molecular formula is C25H28F2NOSi+. The van der Waals surface area contributed by atoms with Gasteiger partial charge in [-0.25, -0.2) is 0 Å². The number of rotatable bonds is 2. The SMILES string of the molecule is CC(C)(C)[N+](C)(C)[Si](=O)C1C=CC=C2C=CC3=C(C=CC(=C(F)F)C3)C3=CC=CC231. The lowest BCUT2D eigenvalue weighted by Crippen LogP contribution is -2.62. The van der Waals surface area contributed by atoms with Crippen molar-refractivity contribution in [3.8, 4) is 0 Å². The van der Waals surface area contributed by atoms with Crippen molar-refractivity contribution in [3.05, 3.63) is 94.7 Å². The fourth-order valence-corrected chi connectivity index (χ4v) is 7.07. The first kappa shape index (κ1) is 21.0. The van der Waals surface area contributed by atoms with E-state index >= 15 is 0 Å². The molecule has 1 spiro atoms. The molecule has 0 amide bonds. The molecule has 0 bridgehead atoms. The van der Waals surface area contributed by atoms with E-state index in [2.05, 4.69) is 45.1 Å². The quantitative estimate of drug-likeness (QED) is 0.489. The summed E-state index contributed by atoms with van der Waals surface area (Å²) >= 11 is 0. The van der Waals surface area contributed by atoms with Gasteiger partial charge in [-0.2, -0.15) is 8.78 Å². The summed E-state index contributed by atoms with van der Waals surface area (Å²) in [5.74, 6) is 0. The van der Waals surface area contributed by atoms with Crippen LogP contribution >= 0.6 is 0 Å². The Kier molecular flexibility index (Phi) is 4.82. The van der Waals surface area contributed by atoms with Crippen LogP contribution in [0.2, 0.25) is 5.54 Å². The highest BCUT2D eigenvalue weighted by Crippen LogP contribution is 2.58. The minimum Gasteiger partial charge on any atom is -0.328 e. The van der Waals surface area contributed by atoms with Gasteiger partial charge in [-0.15, -0.1) is 0 Å². The van der Waals surface area contributed by atoms with Crippen LogP contribution in [0.4, 0.5) is 8.78 Å². The summed E-state index contributed by atoms with van der Waals surface area (Å²) in [7, 11) is 1.92. The van der Waals surface area contributed by atoms with Crippen LogP contribution in [0.3, 0.4) is 0 Å². The normalized spacial score (nSPS) is 27.3. The molecule has 0 radical (unpaired) electrons. The van der Waals surface area contributed by atoms with Gasteiger partial charge in [0.25, 0.3) is 6.08 Å². The predicted octanol–water partition coefficient (Wildman–Crippen LogP) is 6.11. The Hall–Kier alpha value is -2.24. The highest BCUT2D eigenvalue weighted by atomic mass is 28.3. The van der Waals surface area contributed by atoms with Crippen LogP contribution in [-0.2, 0) is 4.46 Å². The van der Waals surface area contributed by atoms with Crippen molar-refractivity contribution in [3.63, 3.8) is 0 Å². The summed E-state index contributed by atoms with van der Waals surface area (Å²) < 4.78 is 41.0. The summed E-state index contributed by atoms with van der Waals surface area (Å²) in [6.45, 7) is 6.36. The lowest BCUT2D eigenvalue weighted by atomic mass is 9.68. The number of fused-ring (bicyclic) bond motifs is 1. The molecule has 0 fully saturated rings. The molecule has 4 rings (SSSR count). The zero-order valence-corrected chi connectivity index (χ0v) is 19.2. The summed E-state index contributed by atoms with van der Waals surface area (Å²) in [5.41, 5.74) is 3.14. The first-order valence-electron chi connectivity index (χ1n) is 10.3. The molecule has 30 heavy (non-hydrogen) atoms. The van der Waals surface area contributed by atoms with E-state index in [9.17, 15) is 13.2 Å². The third-order valence-corrected chi connectivity index (χ3v) is 10.2. The Morgan fingerprint density at radius 1 is 1.10 bits per heavy atom. The lowest BCUT2D eigenvalue weighted by molar-refractivity contribution is -0.838. The first-order chi connectivity index (χ1) is 14.0. The molecule has 4 aliphatic rings. The summed E-state index contributed by atoms with van der Waals surface area (Å²) in [5, 5.41) is 0. The van der Waals surface area contributed by atoms with Crippen LogP contribution in [-0.4, -0.2) is 32.6 Å². The van der Waals surface area contributed by atoms with Crippen molar-refractivity contribution >= 4 is 8.84 Å². The number of hydrogen-bond acceptors (Lipinski definition) is 1. The second kappa shape index (κ2) is 6.89. The third-order valence-electron chi connectivity index (χ3n) is 7.28. The Labute approximate surface area is 179 Å². The number of halogens is 2. The van der Waals surface area contributed by atoms with E-state index in [1.165, 1.54) is 6.08 Å². The summed E-state index contributed by atoms with van der Waals surface area (Å²) in [6, 6.07) is 0. The van der Waals surface area contributed by atoms with Gasteiger partial charge in [0.15, 0.2) is 0 Å². The van der Waals surface area contributed by atoms with E-state index in [0.717, 1.165) is 22.3 Å². The lowest BCUT2D eigenvalue weighted by Gasteiger charge is -2.46. The monoisotopic (exact) mass is 424 g/mol. The predicted molar refractivity (Wildman–Crippen MR) is 118 cm³/mol. The highest BCUT2D eigenvalue weighted by molar-refractivity contribution is 6.38. The van der Waals surface area contributed by atoms with Crippen LogP contribution in [0.25, 0.3) is 0 Å². The van der Waals surface area contributed by atoms with E-state index < -0.39 is 20.3 Å². The molecule has 0 saturated heterocycles. The van der Waals surface area contributed by atoms with Crippen molar-refractivity contribution in [2.75, 3.05) is 14.1 Å². The largest absolute Gasteiger partial charge is 0.562 e. The molecule has 2 unspecified atom stereocenters. The summed E-state index contributed by atoms with van der Waals surface area (Å²) in [4.78, 5) is 0. The molecule has 156 valence electrons. The van der Waals surface area contributed by atoms with Crippen LogP contribution < -0.4 is 0 Å². The first-order valence-corrected chi connectivity index (χ1v) is 11.7. The van der Waals surface area contributed by atoms with Gasteiger partial charge in [-0.1, -0.05) is 60.8 Å². The zero-order chi connectivity index (χ0) is 21.9. The molecular weight excluding hydrogens is 396 g/mol. The average molecular weight is 425 g/mol. The Morgan fingerprint density at radius 3 is 2.50 bits per heavy atom. The van der Waals surface area contributed by atoms with Crippen LogP contribution in [0, 0.1) is 5.41 Å². The van der Waals surface area contributed by atoms with Gasteiger partial charge in [0.1, 0.15) is 0 Å². The van der Waals surface area contributed by atoms with Gasteiger partial charge in [0.05, 0.1) is 30.6 Å². The third kappa shape index (κ3) is 2.90. The molecule has 0 aromatic carbocycles. The minimum absolute atomic E-state index is 0.0617. The number of nitrogens with zero attached hydrogens (tertiary/aromatic N) is 1. The number of hydrogen-bond donors (Lipinski definition) is 0. The molecule has 2 atom stereocenters. The van der Waals surface area contributed by atoms with E-state index in [-0.39, 0.29) is 23.1 Å².